The van der Waals surface area contributed by atoms with Crippen LogP contribution in [0.3, 0.4) is 0 Å². The van der Waals surface area contributed by atoms with Gasteiger partial charge in [0, 0.05) is 31.1 Å². The quantitative estimate of drug-likeness (QED) is 0.259. The van der Waals surface area contributed by atoms with Gasteiger partial charge in [0.1, 0.15) is 11.5 Å². The Morgan fingerprint density at radius 3 is 2.06 bits per heavy atom. The molecule has 0 saturated carbocycles. The summed E-state index contributed by atoms with van der Waals surface area (Å²) in [5.74, 6) is 0.756. The van der Waals surface area contributed by atoms with Gasteiger partial charge in [0.25, 0.3) is 0 Å². The van der Waals surface area contributed by atoms with Crippen LogP contribution in [0.5, 0.6) is 11.5 Å². The molecule has 0 aromatic heterocycles. The molecule has 4 rings (SSSR count). The molecule has 0 radical (unpaired) electrons. The summed E-state index contributed by atoms with van der Waals surface area (Å²) >= 11 is 0. The van der Waals surface area contributed by atoms with E-state index in [9.17, 15) is 9.90 Å². The molecule has 36 heavy (non-hydrogen) atoms. The smallest absolute Gasteiger partial charge is 0.248 e. The zero-order valence-electron chi connectivity index (χ0n) is 20.3. The molecular formula is C31H32N2O3. The number of nitrogens with zero attached hydrogens (tertiary/aromatic N) is 1. The average Bonchev–Trinajstić information content (AvgIpc) is 2.91. The van der Waals surface area contributed by atoms with Crippen molar-refractivity contribution in [1.82, 2.24) is 4.90 Å². The van der Waals surface area contributed by atoms with Crippen LogP contribution in [0.15, 0.2) is 109 Å². The molecule has 0 unspecified atom stereocenters. The van der Waals surface area contributed by atoms with Gasteiger partial charge in [-0.3, -0.25) is 9.69 Å². The van der Waals surface area contributed by atoms with Crippen LogP contribution in [-0.2, 0) is 6.54 Å². The summed E-state index contributed by atoms with van der Waals surface area (Å²) in [6.07, 6.45) is 0.826. The molecule has 0 fully saturated rings. The Kier molecular flexibility index (Phi) is 8.73. The Bertz CT molecular complexity index is 1190. The van der Waals surface area contributed by atoms with Crippen LogP contribution in [0.25, 0.3) is 0 Å². The molecule has 0 atom stereocenters. The van der Waals surface area contributed by atoms with Crippen molar-refractivity contribution < 1.29 is 14.6 Å². The van der Waals surface area contributed by atoms with Crippen LogP contribution in [-0.4, -0.2) is 35.6 Å². The summed E-state index contributed by atoms with van der Waals surface area (Å²) in [5, 5.41) is 9.99. The van der Waals surface area contributed by atoms with Crippen molar-refractivity contribution in [1.29, 1.82) is 0 Å². The maximum absolute atomic E-state index is 11.3. The molecule has 0 heterocycles. The number of rotatable bonds is 12. The zero-order chi connectivity index (χ0) is 25.2. The molecule has 0 spiro atoms. The van der Waals surface area contributed by atoms with E-state index in [1.54, 1.807) is 30.3 Å². The number of phenolic OH excluding ortho intramolecular Hbond substituents is 1. The first-order valence-electron chi connectivity index (χ1n) is 12.2. The van der Waals surface area contributed by atoms with E-state index in [1.165, 1.54) is 11.1 Å². The number of nitrogens with two attached hydrogens (primary N) is 1. The Balaban J connectivity index is 1.47. The van der Waals surface area contributed by atoms with Crippen LogP contribution in [0.2, 0.25) is 0 Å². The number of aromatic hydroxyl groups is 1. The minimum absolute atomic E-state index is 0.215. The molecule has 1 amide bonds. The minimum Gasteiger partial charge on any atom is -0.508 e. The van der Waals surface area contributed by atoms with Gasteiger partial charge in [-0.05, 0) is 59.5 Å². The summed E-state index contributed by atoms with van der Waals surface area (Å²) in [5.41, 5.74) is 9.39. The zero-order valence-corrected chi connectivity index (χ0v) is 20.3. The van der Waals surface area contributed by atoms with Crippen molar-refractivity contribution in [3.63, 3.8) is 0 Å². The molecule has 0 aliphatic carbocycles. The van der Waals surface area contributed by atoms with E-state index in [1.807, 2.05) is 30.3 Å². The maximum atomic E-state index is 11.3. The molecule has 0 bridgehead atoms. The lowest BCUT2D eigenvalue weighted by atomic mass is 9.90. The third-order valence-electron chi connectivity index (χ3n) is 6.19. The van der Waals surface area contributed by atoms with E-state index in [0.717, 1.165) is 31.6 Å². The average molecular weight is 481 g/mol. The highest BCUT2D eigenvalue weighted by atomic mass is 16.5. The number of carbonyl (C=O) groups excluding carboxylic acids is 1. The second-order valence-electron chi connectivity index (χ2n) is 8.87. The van der Waals surface area contributed by atoms with E-state index < -0.39 is 5.91 Å². The van der Waals surface area contributed by atoms with E-state index in [4.69, 9.17) is 10.5 Å². The van der Waals surface area contributed by atoms with Gasteiger partial charge in [0.15, 0.2) is 0 Å². The molecule has 0 aliphatic rings. The summed E-state index contributed by atoms with van der Waals surface area (Å²) in [4.78, 5) is 13.7. The second kappa shape index (κ2) is 12.6. The number of benzene rings is 4. The Morgan fingerprint density at radius 2 is 1.47 bits per heavy atom. The topological polar surface area (TPSA) is 75.8 Å². The number of primary amides is 1. The molecule has 0 aliphatic heterocycles. The Labute approximate surface area is 212 Å². The normalized spacial score (nSPS) is 11.1. The summed E-state index contributed by atoms with van der Waals surface area (Å²) in [6, 6.07) is 35.5. The summed E-state index contributed by atoms with van der Waals surface area (Å²) in [6.45, 7) is 2.92. The van der Waals surface area contributed by atoms with Crippen LogP contribution in [0, 0.1) is 0 Å². The fraction of sp³-hybridized carbons (Fsp3) is 0.194. The molecule has 4 aromatic carbocycles. The summed E-state index contributed by atoms with van der Waals surface area (Å²) < 4.78 is 5.92. The lowest BCUT2D eigenvalue weighted by Gasteiger charge is -2.28. The molecule has 184 valence electrons. The fourth-order valence-corrected chi connectivity index (χ4v) is 4.37. The van der Waals surface area contributed by atoms with Gasteiger partial charge in [-0.25, -0.2) is 0 Å². The monoisotopic (exact) mass is 480 g/mol. The van der Waals surface area contributed by atoms with Crippen molar-refractivity contribution >= 4 is 5.91 Å². The van der Waals surface area contributed by atoms with Gasteiger partial charge in [-0.15, -0.1) is 0 Å². The van der Waals surface area contributed by atoms with E-state index in [0.29, 0.717) is 17.9 Å². The second-order valence-corrected chi connectivity index (χ2v) is 8.87. The number of carbonyl (C=O) groups is 1. The highest BCUT2D eigenvalue weighted by molar-refractivity contribution is 5.92. The maximum Gasteiger partial charge on any atom is 0.248 e. The van der Waals surface area contributed by atoms with Crippen molar-refractivity contribution in [2.45, 2.75) is 18.9 Å². The van der Waals surface area contributed by atoms with Gasteiger partial charge >= 0.3 is 0 Å². The van der Waals surface area contributed by atoms with E-state index in [2.05, 4.69) is 53.4 Å². The SMILES string of the molecule is NC(=O)c1ccc(OCCCN(Cc2cccc(O)c2)CC(c2ccccc2)c2ccccc2)cc1. The Morgan fingerprint density at radius 1 is 0.833 bits per heavy atom. The Hall–Kier alpha value is -4.09. The molecule has 3 N–H and O–H groups in total. The lowest BCUT2D eigenvalue weighted by Crippen LogP contribution is -2.30. The van der Waals surface area contributed by atoms with Crippen molar-refractivity contribution in [3.05, 3.63) is 131 Å². The molecule has 0 saturated heterocycles. The minimum atomic E-state index is -0.449. The van der Waals surface area contributed by atoms with Gasteiger partial charge in [-0.2, -0.15) is 0 Å². The van der Waals surface area contributed by atoms with Gasteiger partial charge < -0.3 is 15.6 Å². The first-order chi connectivity index (χ1) is 17.6. The highest BCUT2D eigenvalue weighted by Gasteiger charge is 2.19. The van der Waals surface area contributed by atoms with Gasteiger partial charge in [0.2, 0.25) is 5.91 Å². The predicted octanol–water partition coefficient (Wildman–Crippen LogP) is 5.59. The van der Waals surface area contributed by atoms with Crippen LogP contribution in [0.4, 0.5) is 0 Å². The van der Waals surface area contributed by atoms with Crippen LogP contribution in [0.1, 0.15) is 39.4 Å². The van der Waals surface area contributed by atoms with Crippen molar-refractivity contribution in [2.75, 3.05) is 19.7 Å². The van der Waals surface area contributed by atoms with Crippen LogP contribution >= 0.6 is 0 Å². The van der Waals surface area contributed by atoms with Crippen LogP contribution < -0.4 is 10.5 Å². The molecule has 5 heteroatoms. The first-order valence-corrected chi connectivity index (χ1v) is 12.2. The summed E-state index contributed by atoms with van der Waals surface area (Å²) in [7, 11) is 0. The van der Waals surface area contributed by atoms with E-state index in [-0.39, 0.29) is 11.7 Å². The number of hydrogen-bond acceptors (Lipinski definition) is 4. The number of ether oxygens (including phenoxy) is 1. The van der Waals surface area contributed by atoms with Crippen molar-refractivity contribution in [3.8, 4) is 11.5 Å². The third kappa shape index (κ3) is 7.20. The molecule has 4 aromatic rings. The van der Waals surface area contributed by atoms with Gasteiger partial charge in [-0.1, -0.05) is 72.8 Å². The van der Waals surface area contributed by atoms with Gasteiger partial charge in [0.05, 0.1) is 6.61 Å². The predicted molar refractivity (Wildman–Crippen MR) is 143 cm³/mol. The highest BCUT2D eigenvalue weighted by Crippen LogP contribution is 2.27. The number of amides is 1. The lowest BCUT2D eigenvalue weighted by molar-refractivity contribution is 0.1000. The first kappa shape index (κ1) is 25.0. The van der Waals surface area contributed by atoms with E-state index >= 15 is 0 Å². The standard InChI is InChI=1S/C31H32N2O3/c32-31(35)27-15-17-29(18-16-27)36-20-8-19-33(22-24-9-7-14-28(34)21-24)23-30(25-10-3-1-4-11-25)26-12-5-2-6-13-26/h1-7,9-18,21,30,34H,8,19-20,22-23H2,(H2,32,35). The molecular weight excluding hydrogens is 448 g/mol. The number of phenols is 1. The van der Waals surface area contributed by atoms with Crippen molar-refractivity contribution in [2.24, 2.45) is 5.73 Å². The fourth-order valence-electron chi connectivity index (χ4n) is 4.37. The number of hydrogen-bond donors (Lipinski definition) is 2. The molecule has 5 nitrogen and oxygen atoms in total. The largest absolute Gasteiger partial charge is 0.508 e. The third-order valence-corrected chi connectivity index (χ3v) is 6.19.